The number of aromatic nitrogens is 1. The second-order valence-electron chi connectivity index (χ2n) is 4.71. The Morgan fingerprint density at radius 2 is 2.32 bits per heavy atom. The molecule has 6 heteroatoms. The molecule has 0 aliphatic heterocycles. The number of carbonyl (C=O) groups excluding carboxylic acids is 1. The lowest BCUT2D eigenvalue weighted by molar-refractivity contribution is 0.0672. The monoisotopic (exact) mass is 266 g/mol. The Morgan fingerprint density at radius 1 is 1.58 bits per heavy atom. The highest BCUT2D eigenvalue weighted by molar-refractivity contribution is 5.94. The van der Waals surface area contributed by atoms with E-state index in [2.05, 4.69) is 24.3 Å². The fraction of sp³-hybridized carbons (Fsp3) is 0.538. The van der Waals surface area contributed by atoms with Gasteiger partial charge in [0.05, 0.1) is 6.61 Å². The average molecular weight is 266 g/mol. The van der Waals surface area contributed by atoms with Crippen LogP contribution in [0.5, 0.6) is 0 Å². The molecule has 1 heterocycles. The number of methoxy groups -OCH3 is 1. The van der Waals surface area contributed by atoms with Crippen molar-refractivity contribution in [2.24, 2.45) is 11.8 Å². The van der Waals surface area contributed by atoms with Crippen molar-refractivity contribution in [2.45, 2.75) is 13.8 Å². The number of nitrogens with zero attached hydrogens (tertiary/aromatic N) is 2. The van der Waals surface area contributed by atoms with Gasteiger partial charge in [-0.05, 0) is 18.1 Å². The predicted octanol–water partition coefficient (Wildman–Crippen LogP) is 1.11. The molecule has 6 nitrogen and oxygen atoms in total. The van der Waals surface area contributed by atoms with Gasteiger partial charge in [0.1, 0.15) is 5.82 Å². The highest BCUT2D eigenvalue weighted by atomic mass is 16.5. The number of nitrogens with one attached hydrogen (secondary N) is 1. The molecule has 1 rings (SSSR count). The summed E-state index contributed by atoms with van der Waals surface area (Å²) in [7, 11) is 1.63. The van der Waals surface area contributed by atoms with E-state index in [1.807, 2.05) is 0 Å². The van der Waals surface area contributed by atoms with E-state index in [-0.39, 0.29) is 5.91 Å². The van der Waals surface area contributed by atoms with E-state index in [4.69, 9.17) is 10.6 Å². The maximum atomic E-state index is 12.4. The SMILES string of the molecule is COCCN(CC(C)C)C(=O)c1ccnc(NN)c1. The van der Waals surface area contributed by atoms with E-state index in [9.17, 15) is 4.79 Å². The van der Waals surface area contributed by atoms with Crippen LogP contribution in [-0.2, 0) is 4.74 Å². The minimum absolute atomic E-state index is 0.0374. The lowest BCUT2D eigenvalue weighted by Crippen LogP contribution is -2.36. The van der Waals surface area contributed by atoms with E-state index in [0.717, 1.165) is 0 Å². The normalized spacial score (nSPS) is 10.6. The molecule has 106 valence electrons. The molecule has 0 aromatic carbocycles. The number of hydrogen-bond donors (Lipinski definition) is 2. The van der Waals surface area contributed by atoms with Crippen LogP contribution in [0.15, 0.2) is 18.3 Å². The molecule has 1 aromatic heterocycles. The molecule has 0 aliphatic rings. The number of hydrazine groups is 1. The van der Waals surface area contributed by atoms with Crippen molar-refractivity contribution in [2.75, 3.05) is 32.2 Å². The summed E-state index contributed by atoms with van der Waals surface area (Å²) in [4.78, 5) is 18.2. The third-order valence-corrected chi connectivity index (χ3v) is 2.59. The fourth-order valence-electron chi connectivity index (χ4n) is 1.74. The molecule has 3 N–H and O–H groups in total. The van der Waals surface area contributed by atoms with Gasteiger partial charge in [-0.2, -0.15) is 0 Å². The van der Waals surface area contributed by atoms with Gasteiger partial charge in [0.25, 0.3) is 5.91 Å². The predicted molar refractivity (Wildman–Crippen MR) is 74.7 cm³/mol. The molecule has 0 unspecified atom stereocenters. The van der Waals surface area contributed by atoms with Gasteiger partial charge in [-0.3, -0.25) is 4.79 Å². The number of nitrogens with two attached hydrogens (primary N) is 1. The van der Waals surface area contributed by atoms with Gasteiger partial charge in [0, 0.05) is 32.0 Å². The summed E-state index contributed by atoms with van der Waals surface area (Å²) in [6, 6.07) is 3.33. The van der Waals surface area contributed by atoms with Crippen LogP contribution in [0, 0.1) is 5.92 Å². The van der Waals surface area contributed by atoms with Gasteiger partial charge in [-0.1, -0.05) is 13.8 Å². The van der Waals surface area contributed by atoms with Gasteiger partial charge >= 0.3 is 0 Å². The van der Waals surface area contributed by atoms with Crippen molar-refractivity contribution >= 4 is 11.7 Å². The number of carbonyl (C=O) groups is 1. The highest BCUT2D eigenvalue weighted by Crippen LogP contribution is 2.10. The number of ether oxygens (including phenoxy) is 1. The Hall–Kier alpha value is -1.66. The van der Waals surface area contributed by atoms with E-state index in [1.165, 1.54) is 0 Å². The summed E-state index contributed by atoms with van der Waals surface area (Å²) in [5.74, 6) is 6.13. The van der Waals surface area contributed by atoms with Crippen molar-refractivity contribution in [3.05, 3.63) is 23.9 Å². The second-order valence-corrected chi connectivity index (χ2v) is 4.71. The summed E-state index contributed by atoms with van der Waals surface area (Å²) in [5, 5.41) is 0. The smallest absolute Gasteiger partial charge is 0.254 e. The largest absolute Gasteiger partial charge is 0.383 e. The number of hydrogen-bond acceptors (Lipinski definition) is 5. The average Bonchev–Trinajstić information content (AvgIpc) is 2.42. The number of anilines is 1. The molecule has 19 heavy (non-hydrogen) atoms. The molecule has 0 bridgehead atoms. The number of nitrogen functional groups attached to an aromatic ring is 1. The zero-order valence-corrected chi connectivity index (χ0v) is 11.7. The molecule has 1 aromatic rings. The Bertz CT molecular complexity index is 409. The molecule has 0 aliphatic carbocycles. The van der Waals surface area contributed by atoms with Crippen LogP contribution in [0.2, 0.25) is 0 Å². The standard InChI is InChI=1S/C13H22N4O2/c1-10(2)9-17(6-7-19-3)13(18)11-4-5-15-12(8-11)16-14/h4-5,8,10H,6-7,9,14H2,1-3H3,(H,15,16). The zero-order valence-electron chi connectivity index (χ0n) is 11.7. The second kappa shape index (κ2) is 7.70. The first-order valence-corrected chi connectivity index (χ1v) is 6.29. The van der Waals surface area contributed by atoms with Crippen LogP contribution in [0.1, 0.15) is 24.2 Å². The Morgan fingerprint density at radius 3 is 2.89 bits per heavy atom. The molecule has 0 saturated carbocycles. The topological polar surface area (TPSA) is 80.5 Å². The number of pyridine rings is 1. The quantitative estimate of drug-likeness (QED) is 0.571. The summed E-state index contributed by atoms with van der Waals surface area (Å²) < 4.78 is 5.05. The van der Waals surface area contributed by atoms with Gasteiger partial charge < -0.3 is 15.1 Å². The molecule has 0 fully saturated rings. The molecule has 0 spiro atoms. The number of rotatable bonds is 7. The maximum absolute atomic E-state index is 12.4. The zero-order chi connectivity index (χ0) is 14.3. The fourth-order valence-corrected chi connectivity index (χ4v) is 1.74. The van der Waals surface area contributed by atoms with E-state index in [1.54, 1.807) is 30.3 Å². The summed E-state index contributed by atoms with van der Waals surface area (Å²) in [5.41, 5.74) is 3.01. The van der Waals surface area contributed by atoms with Crippen LogP contribution in [-0.4, -0.2) is 42.6 Å². The Kier molecular flexibility index (Phi) is 6.24. The maximum Gasteiger partial charge on any atom is 0.254 e. The molecular weight excluding hydrogens is 244 g/mol. The van der Waals surface area contributed by atoms with Crippen LogP contribution in [0.25, 0.3) is 0 Å². The summed E-state index contributed by atoms with van der Waals surface area (Å²) in [6.45, 7) is 5.93. The lowest BCUT2D eigenvalue weighted by Gasteiger charge is -2.24. The summed E-state index contributed by atoms with van der Waals surface area (Å²) in [6.07, 6.45) is 1.56. The van der Waals surface area contributed by atoms with Crippen LogP contribution in [0.4, 0.5) is 5.82 Å². The first kappa shape index (κ1) is 15.4. The Labute approximate surface area is 113 Å². The van der Waals surface area contributed by atoms with Crippen molar-refractivity contribution < 1.29 is 9.53 Å². The first-order chi connectivity index (χ1) is 9.08. The first-order valence-electron chi connectivity index (χ1n) is 6.29. The third-order valence-electron chi connectivity index (χ3n) is 2.59. The molecule has 0 saturated heterocycles. The molecular formula is C13H22N4O2. The van der Waals surface area contributed by atoms with Gasteiger partial charge in [-0.25, -0.2) is 10.8 Å². The number of amides is 1. The summed E-state index contributed by atoms with van der Waals surface area (Å²) >= 11 is 0. The molecule has 1 amide bonds. The van der Waals surface area contributed by atoms with Gasteiger partial charge in [0.15, 0.2) is 0 Å². The van der Waals surface area contributed by atoms with E-state index in [0.29, 0.717) is 37.0 Å². The van der Waals surface area contributed by atoms with Crippen molar-refractivity contribution in [3.63, 3.8) is 0 Å². The third kappa shape index (κ3) is 4.84. The molecule has 0 atom stereocenters. The van der Waals surface area contributed by atoms with Gasteiger partial charge in [0.2, 0.25) is 0 Å². The van der Waals surface area contributed by atoms with Crippen LogP contribution >= 0.6 is 0 Å². The minimum Gasteiger partial charge on any atom is -0.383 e. The minimum atomic E-state index is -0.0374. The van der Waals surface area contributed by atoms with Crippen molar-refractivity contribution in [1.82, 2.24) is 9.88 Å². The van der Waals surface area contributed by atoms with Crippen LogP contribution < -0.4 is 11.3 Å². The van der Waals surface area contributed by atoms with Crippen molar-refractivity contribution in [3.8, 4) is 0 Å². The van der Waals surface area contributed by atoms with Crippen LogP contribution in [0.3, 0.4) is 0 Å². The van der Waals surface area contributed by atoms with Gasteiger partial charge in [-0.15, -0.1) is 0 Å². The molecule has 0 radical (unpaired) electrons. The van der Waals surface area contributed by atoms with Crippen molar-refractivity contribution in [1.29, 1.82) is 0 Å². The van der Waals surface area contributed by atoms with E-state index < -0.39 is 0 Å². The highest BCUT2D eigenvalue weighted by Gasteiger charge is 2.17. The Balaban J connectivity index is 2.84. The lowest BCUT2D eigenvalue weighted by atomic mass is 10.1. The van der Waals surface area contributed by atoms with E-state index >= 15 is 0 Å².